The number of hydrogen-bond donors (Lipinski definition) is 2. The topological polar surface area (TPSA) is 79.3 Å². The SMILES string of the molecule is O=C(CSc1ccccc1C(=O)O)Nc1ccc(C(F)(F)F)cn1. The van der Waals surface area contributed by atoms with Gasteiger partial charge >= 0.3 is 12.1 Å². The van der Waals surface area contributed by atoms with Gasteiger partial charge in [0.15, 0.2) is 0 Å². The van der Waals surface area contributed by atoms with E-state index >= 15 is 0 Å². The quantitative estimate of drug-likeness (QED) is 0.801. The minimum Gasteiger partial charge on any atom is -0.478 e. The fraction of sp³-hybridized carbons (Fsp3) is 0.133. The van der Waals surface area contributed by atoms with Crippen molar-refractivity contribution < 1.29 is 27.9 Å². The summed E-state index contributed by atoms with van der Waals surface area (Å²) in [4.78, 5) is 26.8. The smallest absolute Gasteiger partial charge is 0.417 e. The number of halogens is 3. The van der Waals surface area contributed by atoms with E-state index in [1.54, 1.807) is 18.2 Å². The van der Waals surface area contributed by atoms with Crippen LogP contribution in [0.3, 0.4) is 0 Å². The van der Waals surface area contributed by atoms with Crippen molar-refractivity contribution in [2.45, 2.75) is 11.1 Å². The number of carbonyl (C=O) groups is 2. The van der Waals surface area contributed by atoms with E-state index in [2.05, 4.69) is 10.3 Å². The van der Waals surface area contributed by atoms with E-state index in [4.69, 9.17) is 5.11 Å². The summed E-state index contributed by atoms with van der Waals surface area (Å²) in [5.41, 5.74) is -0.840. The van der Waals surface area contributed by atoms with Gasteiger partial charge in [-0.05, 0) is 24.3 Å². The molecule has 0 radical (unpaired) electrons. The molecule has 0 saturated heterocycles. The van der Waals surface area contributed by atoms with Crippen molar-refractivity contribution in [3.05, 3.63) is 53.7 Å². The van der Waals surface area contributed by atoms with Crippen LogP contribution in [0.5, 0.6) is 0 Å². The Hall–Kier alpha value is -2.55. The lowest BCUT2D eigenvalue weighted by Crippen LogP contribution is -2.16. The second kappa shape index (κ2) is 7.35. The summed E-state index contributed by atoms with van der Waals surface area (Å²) in [6.07, 6.45) is -3.87. The molecule has 0 unspecified atom stereocenters. The van der Waals surface area contributed by atoms with E-state index in [0.717, 1.165) is 23.9 Å². The van der Waals surface area contributed by atoms with Gasteiger partial charge in [0.05, 0.1) is 16.9 Å². The molecule has 0 saturated carbocycles. The maximum atomic E-state index is 12.4. The van der Waals surface area contributed by atoms with Gasteiger partial charge in [-0.3, -0.25) is 4.79 Å². The maximum absolute atomic E-state index is 12.4. The maximum Gasteiger partial charge on any atom is 0.417 e. The standard InChI is InChI=1S/C15H11F3N2O3S/c16-15(17,18)9-5-6-12(19-7-9)20-13(21)8-24-11-4-2-1-3-10(11)14(22)23/h1-7H,8H2,(H,22,23)(H,19,20,21). The van der Waals surface area contributed by atoms with E-state index in [1.807, 2.05) is 0 Å². The molecule has 126 valence electrons. The number of pyridine rings is 1. The van der Waals surface area contributed by atoms with Crippen LogP contribution in [0.4, 0.5) is 19.0 Å². The number of benzene rings is 1. The molecule has 9 heteroatoms. The van der Waals surface area contributed by atoms with Crippen LogP contribution < -0.4 is 5.32 Å². The van der Waals surface area contributed by atoms with Gasteiger partial charge < -0.3 is 10.4 Å². The van der Waals surface area contributed by atoms with Crippen LogP contribution in [-0.4, -0.2) is 27.7 Å². The van der Waals surface area contributed by atoms with Crippen LogP contribution in [0.15, 0.2) is 47.5 Å². The lowest BCUT2D eigenvalue weighted by atomic mass is 10.2. The van der Waals surface area contributed by atoms with Crippen LogP contribution >= 0.6 is 11.8 Å². The van der Waals surface area contributed by atoms with Crippen LogP contribution in [0.1, 0.15) is 15.9 Å². The summed E-state index contributed by atoms with van der Waals surface area (Å²) in [7, 11) is 0. The fourth-order valence-electron chi connectivity index (χ4n) is 1.73. The normalized spacial score (nSPS) is 11.1. The zero-order chi connectivity index (χ0) is 17.7. The predicted molar refractivity (Wildman–Crippen MR) is 82.0 cm³/mol. The molecule has 24 heavy (non-hydrogen) atoms. The highest BCUT2D eigenvalue weighted by molar-refractivity contribution is 8.00. The molecule has 2 aromatic rings. The molecule has 1 heterocycles. The van der Waals surface area contributed by atoms with Crippen LogP contribution in [0.2, 0.25) is 0 Å². The first-order valence-electron chi connectivity index (χ1n) is 6.55. The molecular formula is C15H11F3N2O3S. The van der Waals surface area contributed by atoms with E-state index in [9.17, 15) is 22.8 Å². The molecule has 0 fully saturated rings. The summed E-state index contributed by atoms with van der Waals surface area (Å²) in [6, 6.07) is 8.06. The highest BCUT2D eigenvalue weighted by atomic mass is 32.2. The average molecular weight is 356 g/mol. The monoisotopic (exact) mass is 356 g/mol. The van der Waals surface area contributed by atoms with Crippen molar-refractivity contribution in [3.8, 4) is 0 Å². The molecule has 5 nitrogen and oxygen atoms in total. The molecular weight excluding hydrogens is 345 g/mol. The third kappa shape index (κ3) is 4.72. The number of anilines is 1. The Morgan fingerprint density at radius 3 is 2.46 bits per heavy atom. The third-order valence-corrected chi connectivity index (χ3v) is 3.91. The number of rotatable bonds is 5. The van der Waals surface area contributed by atoms with Crippen LogP contribution in [0, 0.1) is 0 Å². The number of amides is 1. The second-order valence-electron chi connectivity index (χ2n) is 4.57. The van der Waals surface area contributed by atoms with Crippen molar-refractivity contribution in [2.75, 3.05) is 11.1 Å². The van der Waals surface area contributed by atoms with Crippen molar-refractivity contribution in [1.82, 2.24) is 4.98 Å². The van der Waals surface area contributed by atoms with Gasteiger partial charge in [0.1, 0.15) is 5.82 Å². The first kappa shape index (κ1) is 17.8. The Bertz CT molecular complexity index is 748. The Balaban J connectivity index is 1.96. The van der Waals surface area contributed by atoms with Crippen molar-refractivity contribution in [2.24, 2.45) is 0 Å². The van der Waals surface area contributed by atoms with Gasteiger partial charge in [-0.25, -0.2) is 9.78 Å². The fourth-order valence-corrected chi connectivity index (χ4v) is 2.57. The number of carboxylic acid groups (broad SMARTS) is 1. The van der Waals surface area contributed by atoms with E-state index in [-0.39, 0.29) is 17.1 Å². The average Bonchev–Trinajstić information content (AvgIpc) is 2.53. The summed E-state index contributed by atoms with van der Waals surface area (Å²) >= 11 is 1.01. The van der Waals surface area contributed by atoms with Gasteiger partial charge in [-0.15, -0.1) is 11.8 Å². The highest BCUT2D eigenvalue weighted by Gasteiger charge is 2.30. The van der Waals surface area contributed by atoms with Gasteiger partial charge in [-0.2, -0.15) is 13.2 Å². The summed E-state index contributed by atoms with van der Waals surface area (Å²) in [5.74, 6) is -1.73. The lowest BCUT2D eigenvalue weighted by Gasteiger charge is -2.08. The molecule has 1 aromatic heterocycles. The van der Waals surface area contributed by atoms with Crippen molar-refractivity contribution >= 4 is 29.5 Å². The summed E-state index contributed by atoms with van der Waals surface area (Å²) < 4.78 is 37.2. The number of carboxylic acids is 1. The van der Waals surface area contributed by atoms with E-state index < -0.39 is 23.6 Å². The van der Waals surface area contributed by atoms with Crippen molar-refractivity contribution in [1.29, 1.82) is 0 Å². The molecule has 0 aliphatic heterocycles. The number of nitrogens with zero attached hydrogens (tertiary/aromatic N) is 1. The Labute approximate surface area is 138 Å². The molecule has 2 N–H and O–H groups in total. The third-order valence-electron chi connectivity index (χ3n) is 2.83. The van der Waals surface area contributed by atoms with Crippen LogP contribution in [0.25, 0.3) is 0 Å². The molecule has 0 bridgehead atoms. The lowest BCUT2D eigenvalue weighted by molar-refractivity contribution is -0.137. The molecule has 0 atom stereocenters. The van der Waals surface area contributed by atoms with E-state index in [1.165, 1.54) is 6.07 Å². The van der Waals surface area contributed by atoms with Gasteiger partial charge in [0, 0.05) is 11.1 Å². The number of aromatic carboxylic acids is 1. The number of aromatic nitrogens is 1. The molecule has 1 aromatic carbocycles. The molecule has 1 amide bonds. The zero-order valence-corrected chi connectivity index (χ0v) is 12.8. The molecule has 2 rings (SSSR count). The number of carbonyl (C=O) groups excluding carboxylic acids is 1. The first-order valence-corrected chi connectivity index (χ1v) is 7.54. The summed E-state index contributed by atoms with van der Waals surface area (Å²) in [6.45, 7) is 0. The number of alkyl halides is 3. The first-order chi connectivity index (χ1) is 11.3. The Morgan fingerprint density at radius 2 is 1.88 bits per heavy atom. The minimum absolute atomic E-state index is 0.0138. The highest BCUT2D eigenvalue weighted by Crippen LogP contribution is 2.29. The van der Waals surface area contributed by atoms with Crippen LogP contribution in [-0.2, 0) is 11.0 Å². The van der Waals surface area contributed by atoms with Gasteiger partial charge in [0.25, 0.3) is 0 Å². The summed E-state index contributed by atoms with van der Waals surface area (Å²) in [5, 5.41) is 11.4. The predicted octanol–water partition coefficient (Wildman–Crippen LogP) is 3.53. The second-order valence-corrected chi connectivity index (χ2v) is 5.59. The van der Waals surface area contributed by atoms with E-state index in [0.29, 0.717) is 11.1 Å². The van der Waals surface area contributed by atoms with Gasteiger partial charge in [-0.1, -0.05) is 12.1 Å². The van der Waals surface area contributed by atoms with Gasteiger partial charge in [0.2, 0.25) is 5.91 Å². The minimum atomic E-state index is -4.49. The molecule has 0 aliphatic carbocycles. The number of hydrogen-bond acceptors (Lipinski definition) is 4. The molecule has 0 spiro atoms. The largest absolute Gasteiger partial charge is 0.478 e. The number of nitrogens with one attached hydrogen (secondary N) is 1. The molecule has 0 aliphatic rings. The Morgan fingerprint density at radius 1 is 1.17 bits per heavy atom. The number of thioether (sulfide) groups is 1. The zero-order valence-electron chi connectivity index (χ0n) is 12.0. The Kier molecular flexibility index (Phi) is 5.45. The van der Waals surface area contributed by atoms with Crippen molar-refractivity contribution in [3.63, 3.8) is 0 Å².